The third kappa shape index (κ3) is 3.27. The first-order valence-electron chi connectivity index (χ1n) is 4.97. The van der Waals surface area contributed by atoms with Crippen LogP contribution in [0.15, 0.2) is 30.3 Å². The number of carboxylic acids is 1. The van der Waals surface area contributed by atoms with Crippen molar-refractivity contribution in [1.82, 2.24) is 10.6 Å². The molecule has 0 aliphatic carbocycles. The van der Waals surface area contributed by atoms with Crippen LogP contribution in [0.4, 0.5) is 4.79 Å². The molecule has 5 heteroatoms. The zero-order chi connectivity index (χ0) is 12.0. The number of rotatable bonds is 4. The predicted molar refractivity (Wildman–Crippen MR) is 59.0 cm³/mol. The fraction of sp³-hybridized carbons (Fsp3) is 0.273. The van der Waals surface area contributed by atoms with Crippen LogP contribution in [0, 0.1) is 0 Å². The van der Waals surface area contributed by atoms with Gasteiger partial charge in [0.05, 0.1) is 0 Å². The first-order chi connectivity index (χ1) is 7.65. The highest BCUT2D eigenvalue weighted by Crippen LogP contribution is 2.12. The van der Waals surface area contributed by atoms with Gasteiger partial charge < -0.3 is 15.7 Å². The summed E-state index contributed by atoms with van der Waals surface area (Å²) in [7, 11) is 0. The first-order valence-corrected chi connectivity index (χ1v) is 4.97. The molecule has 0 heterocycles. The molecule has 16 heavy (non-hydrogen) atoms. The van der Waals surface area contributed by atoms with E-state index < -0.39 is 18.0 Å². The highest BCUT2D eigenvalue weighted by molar-refractivity contribution is 5.83. The molecular weight excluding hydrogens is 208 g/mol. The molecule has 2 amide bonds. The van der Waals surface area contributed by atoms with Crippen LogP contribution in [0.2, 0.25) is 0 Å². The van der Waals surface area contributed by atoms with Crippen molar-refractivity contribution in [3.8, 4) is 0 Å². The van der Waals surface area contributed by atoms with Crippen LogP contribution < -0.4 is 10.6 Å². The second-order valence-electron chi connectivity index (χ2n) is 3.19. The molecule has 1 unspecified atom stereocenters. The van der Waals surface area contributed by atoms with Gasteiger partial charge in [-0.1, -0.05) is 30.3 Å². The van der Waals surface area contributed by atoms with Crippen molar-refractivity contribution >= 4 is 12.0 Å². The fourth-order valence-corrected chi connectivity index (χ4v) is 1.28. The van der Waals surface area contributed by atoms with Gasteiger partial charge in [-0.25, -0.2) is 9.59 Å². The van der Waals surface area contributed by atoms with E-state index in [1.165, 1.54) is 0 Å². The summed E-state index contributed by atoms with van der Waals surface area (Å²) in [6.45, 7) is 2.21. The second kappa shape index (κ2) is 5.75. The lowest BCUT2D eigenvalue weighted by Gasteiger charge is -2.14. The van der Waals surface area contributed by atoms with E-state index in [0.29, 0.717) is 12.1 Å². The van der Waals surface area contributed by atoms with E-state index in [2.05, 4.69) is 10.6 Å². The first kappa shape index (κ1) is 12.0. The number of carbonyl (C=O) groups excluding carboxylic acids is 1. The molecule has 0 spiro atoms. The maximum Gasteiger partial charge on any atom is 0.330 e. The van der Waals surface area contributed by atoms with Gasteiger partial charge in [-0.05, 0) is 12.5 Å². The number of hydrogen-bond acceptors (Lipinski definition) is 2. The summed E-state index contributed by atoms with van der Waals surface area (Å²) in [5, 5.41) is 13.9. The van der Waals surface area contributed by atoms with Crippen LogP contribution in [0.25, 0.3) is 0 Å². The minimum atomic E-state index is -1.09. The summed E-state index contributed by atoms with van der Waals surface area (Å²) in [6, 6.07) is 7.05. The van der Waals surface area contributed by atoms with Crippen LogP contribution >= 0.6 is 0 Å². The van der Waals surface area contributed by atoms with Gasteiger partial charge in [0.15, 0.2) is 6.04 Å². The molecule has 0 aliphatic heterocycles. The summed E-state index contributed by atoms with van der Waals surface area (Å²) in [6.07, 6.45) is 0. The average Bonchev–Trinajstić information content (AvgIpc) is 2.27. The van der Waals surface area contributed by atoms with Crippen molar-refractivity contribution in [3.63, 3.8) is 0 Å². The summed E-state index contributed by atoms with van der Waals surface area (Å²) in [5.41, 5.74) is 0.543. The highest BCUT2D eigenvalue weighted by atomic mass is 16.4. The predicted octanol–water partition coefficient (Wildman–Crippen LogP) is 1.13. The number of hydrogen-bond donors (Lipinski definition) is 3. The Morgan fingerprint density at radius 3 is 2.44 bits per heavy atom. The van der Waals surface area contributed by atoms with E-state index in [9.17, 15) is 9.59 Å². The topological polar surface area (TPSA) is 78.4 Å². The summed E-state index contributed by atoms with van der Waals surface area (Å²) in [5.74, 6) is -1.09. The Morgan fingerprint density at radius 1 is 1.31 bits per heavy atom. The maximum absolute atomic E-state index is 11.2. The lowest BCUT2D eigenvalue weighted by atomic mass is 10.1. The van der Waals surface area contributed by atoms with Crippen LogP contribution in [0.3, 0.4) is 0 Å². The fourth-order valence-electron chi connectivity index (χ4n) is 1.28. The van der Waals surface area contributed by atoms with Gasteiger partial charge in [0.2, 0.25) is 0 Å². The van der Waals surface area contributed by atoms with Gasteiger partial charge in [0.1, 0.15) is 0 Å². The molecule has 1 aromatic rings. The van der Waals surface area contributed by atoms with Crippen molar-refractivity contribution < 1.29 is 14.7 Å². The van der Waals surface area contributed by atoms with Crippen LogP contribution in [-0.4, -0.2) is 23.7 Å². The van der Waals surface area contributed by atoms with Crippen molar-refractivity contribution in [1.29, 1.82) is 0 Å². The van der Waals surface area contributed by atoms with Gasteiger partial charge in [-0.15, -0.1) is 0 Å². The molecular formula is C11H14N2O3. The molecule has 0 saturated heterocycles. The molecule has 0 radical (unpaired) electrons. The van der Waals surface area contributed by atoms with E-state index >= 15 is 0 Å². The van der Waals surface area contributed by atoms with Crippen molar-refractivity contribution in [2.24, 2.45) is 0 Å². The zero-order valence-electron chi connectivity index (χ0n) is 8.93. The molecule has 1 atom stereocenters. The number of urea groups is 1. The smallest absolute Gasteiger partial charge is 0.330 e. The molecule has 0 bridgehead atoms. The Morgan fingerprint density at radius 2 is 1.94 bits per heavy atom. The number of aliphatic carboxylic acids is 1. The quantitative estimate of drug-likeness (QED) is 0.714. The molecule has 1 aromatic carbocycles. The van der Waals surface area contributed by atoms with E-state index in [0.717, 1.165) is 0 Å². The minimum Gasteiger partial charge on any atom is -0.479 e. The van der Waals surface area contributed by atoms with Gasteiger partial charge >= 0.3 is 12.0 Å². The monoisotopic (exact) mass is 222 g/mol. The Labute approximate surface area is 93.5 Å². The third-order valence-electron chi connectivity index (χ3n) is 1.99. The van der Waals surface area contributed by atoms with E-state index in [4.69, 9.17) is 5.11 Å². The Bertz CT molecular complexity index is 365. The molecule has 0 saturated carbocycles. The molecule has 0 aromatic heterocycles. The van der Waals surface area contributed by atoms with Gasteiger partial charge in [-0.3, -0.25) is 0 Å². The number of benzene rings is 1. The summed E-state index contributed by atoms with van der Waals surface area (Å²) >= 11 is 0. The van der Waals surface area contributed by atoms with Crippen molar-refractivity contribution in [2.45, 2.75) is 13.0 Å². The summed E-state index contributed by atoms with van der Waals surface area (Å²) < 4.78 is 0. The number of carboxylic acid groups (broad SMARTS) is 1. The van der Waals surface area contributed by atoms with E-state index in [1.54, 1.807) is 37.3 Å². The van der Waals surface area contributed by atoms with Crippen molar-refractivity contribution in [2.75, 3.05) is 6.54 Å². The third-order valence-corrected chi connectivity index (χ3v) is 1.99. The molecule has 0 fully saturated rings. The number of nitrogens with one attached hydrogen (secondary N) is 2. The lowest BCUT2D eigenvalue weighted by Crippen LogP contribution is -2.40. The van der Waals surface area contributed by atoms with E-state index in [-0.39, 0.29) is 0 Å². The van der Waals surface area contributed by atoms with Gasteiger partial charge in [0.25, 0.3) is 0 Å². The van der Waals surface area contributed by atoms with Gasteiger partial charge in [0, 0.05) is 6.54 Å². The molecule has 86 valence electrons. The van der Waals surface area contributed by atoms with Gasteiger partial charge in [-0.2, -0.15) is 0 Å². The molecule has 5 nitrogen and oxygen atoms in total. The van der Waals surface area contributed by atoms with E-state index in [1.807, 2.05) is 0 Å². The summed E-state index contributed by atoms with van der Waals surface area (Å²) in [4.78, 5) is 22.2. The molecule has 3 N–H and O–H groups in total. The highest BCUT2D eigenvalue weighted by Gasteiger charge is 2.21. The maximum atomic E-state index is 11.2. The van der Waals surface area contributed by atoms with Crippen LogP contribution in [0.1, 0.15) is 18.5 Å². The van der Waals surface area contributed by atoms with Crippen LogP contribution in [-0.2, 0) is 4.79 Å². The number of amides is 2. The largest absolute Gasteiger partial charge is 0.479 e. The minimum absolute atomic E-state index is 0.451. The Balaban J connectivity index is 2.77. The lowest BCUT2D eigenvalue weighted by molar-refractivity contribution is -0.139. The normalized spacial score (nSPS) is 11.6. The Hall–Kier alpha value is -2.04. The standard InChI is InChI=1S/C11H14N2O3/c1-2-12-11(16)13-9(10(14)15)8-6-4-3-5-7-8/h3-7,9H,2H2,1H3,(H,14,15)(H2,12,13,16). The molecule has 0 aliphatic rings. The molecule has 1 rings (SSSR count). The average molecular weight is 222 g/mol. The number of carbonyl (C=O) groups is 2. The zero-order valence-corrected chi connectivity index (χ0v) is 8.93. The van der Waals surface area contributed by atoms with Crippen molar-refractivity contribution in [3.05, 3.63) is 35.9 Å². The van der Waals surface area contributed by atoms with Crippen LogP contribution in [0.5, 0.6) is 0 Å². The Kier molecular flexibility index (Phi) is 4.32. The second-order valence-corrected chi connectivity index (χ2v) is 3.19. The SMILES string of the molecule is CCNC(=O)NC(C(=O)O)c1ccccc1.